The Hall–Kier alpha value is -3.39. The number of carboxylic acid groups (broad SMARTS) is 1. The number of alkyl carbamates (subject to hydrolysis) is 1. The normalized spacial score (nSPS) is 19.1. The lowest BCUT2D eigenvalue weighted by Gasteiger charge is -2.46. The van der Waals surface area contributed by atoms with Crippen LogP contribution >= 0.6 is 0 Å². The summed E-state index contributed by atoms with van der Waals surface area (Å²) in [6, 6.07) is 15.2. The molecule has 2 fully saturated rings. The molecule has 0 aromatic heterocycles. The number of carbonyl (C=O) groups excluding carboxylic acids is 2. The van der Waals surface area contributed by atoms with E-state index < -0.39 is 18.1 Å². The minimum Gasteiger partial charge on any atom is -0.481 e. The van der Waals surface area contributed by atoms with Crippen LogP contribution < -0.4 is 5.32 Å². The molecule has 35 heavy (non-hydrogen) atoms. The Kier molecular flexibility index (Phi) is 6.23. The fraction of sp³-hybridized carbons (Fsp3) is 0.444. The topological polar surface area (TPSA) is 99.2 Å². The Morgan fingerprint density at radius 2 is 1.69 bits per heavy atom. The van der Waals surface area contributed by atoms with Crippen LogP contribution in [0.4, 0.5) is 4.79 Å². The lowest BCUT2D eigenvalue weighted by Crippen LogP contribution is -2.56. The van der Waals surface area contributed by atoms with Gasteiger partial charge in [-0.2, -0.15) is 0 Å². The predicted molar refractivity (Wildman–Crippen MR) is 130 cm³/mol. The van der Waals surface area contributed by atoms with E-state index in [0.29, 0.717) is 13.1 Å². The first kappa shape index (κ1) is 23.4. The average molecular weight is 478 g/mol. The van der Waals surface area contributed by atoms with Crippen molar-refractivity contribution >= 4 is 18.0 Å². The maximum absolute atomic E-state index is 13.2. The molecule has 1 unspecified atom stereocenters. The van der Waals surface area contributed by atoms with E-state index in [2.05, 4.69) is 29.4 Å². The van der Waals surface area contributed by atoms with Gasteiger partial charge in [0, 0.05) is 43.9 Å². The predicted octanol–water partition coefficient (Wildman–Crippen LogP) is 2.92. The van der Waals surface area contributed by atoms with Crippen molar-refractivity contribution < 1.29 is 24.2 Å². The lowest BCUT2D eigenvalue weighted by atomic mass is 9.79. The third kappa shape index (κ3) is 4.62. The molecule has 8 nitrogen and oxygen atoms in total. The average Bonchev–Trinajstić information content (AvgIpc) is 3.40. The number of likely N-dealkylation sites (tertiary alicyclic amines) is 2. The van der Waals surface area contributed by atoms with Gasteiger partial charge in [0.1, 0.15) is 12.6 Å². The maximum atomic E-state index is 13.2. The molecule has 2 N–H and O–H groups in total. The van der Waals surface area contributed by atoms with E-state index in [1.807, 2.05) is 36.4 Å². The minimum atomic E-state index is -1.00. The number of ether oxygens (including phenoxy) is 1. The van der Waals surface area contributed by atoms with Gasteiger partial charge in [0.2, 0.25) is 5.91 Å². The molecule has 0 saturated carbocycles. The number of nitrogens with zero attached hydrogens (tertiary/aromatic N) is 2. The molecular formula is C27H31N3O5. The molecule has 0 bridgehead atoms. The fourth-order valence-corrected chi connectivity index (χ4v) is 6.01. The zero-order valence-corrected chi connectivity index (χ0v) is 19.9. The number of nitrogens with one attached hydrogen (secondary N) is 1. The first-order valence-electron chi connectivity index (χ1n) is 12.2. The molecule has 0 radical (unpaired) electrons. The Bertz CT molecular complexity index is 1100. The van der Waals surface area contributed by atoms with Crippen molar-refractivity contribution in [2.45, 2.75) is 31.2 Å². The number of aliphatic carboxylic acids is 1. The number of rotatable bonds is 7. The highest BCUT2D eigenvalue weighted by molar-refractivity contribution is 5.86. The van der Waals surface area contributed by atoms with Crippen LogP contribution in [0.15, 0.2) is 48.5 Å². The molecule has 1 atom stereocenters. The second kappa shape index (κ2) is 9.34. The summed E-state index contributed by atoms with van der Waals surface area (Å²) in [6.07, 6.45) is 0.0522. The van der Waals surface area contributed by atoms with Gasteiger partial charge < -0.3 is 25.0 Å². The zero-order valence-electron chi connectivity index (χ0n) is 19.9. The van der Waals surface area contributed by atoms with Crippen LogP contribution in [-0.4, -0.2) is 78.8 Å². The van der Waals surface area contributed by atoms with Crippen molar-refractivity contribution in [1.82, 2.24) is 15.1 Å². The van der Waals surface area contributed by atoms with Gasteiger partial charge in [-0.05, 0) is 42.1 Å². The Balaban J connectivity index is 1.23. The first-order valence-corrected chi connectivity index (χ1v) is 12.2. The molecule has 2 aromatic carbocycles. The van der Waals surface area contributed by atoms with Crippen molar-refractivity contribution in [1.29, 1.82) is 0 Å². The quantitative estimate of drug-likeness (QED) is 0.636. The summed E-state index contributed by atoms with van der Waals surface area (Å²) >= 11 is 0. The van der Waals surface area contributed by atoms with Crippen LogP contribution in [0.1, 0.15) is 36.3 Å². The number of hydrogen-bond acceptors (Lipinski definition) is 5. The second-order valence-electron chi connectivity index (χ2n) is 10.1. The van der Waals surface area contributed by atoms with Gasteiger partial charge in [0.15, 0.2) is 0 Å². The first-order chi connectivity index (χ1) is 16.8. The monoisotopic (exact) mass is 477 g/mol. The summed E-state index contributed by atoms with van der Waals surface area (Å²) in [4.78, 5) is 41.2. The number of carboxylic acids is 1. The summed E-state index contributed by atoms with van der Waals surface area (Å²) < 4.78 is 5.60. The Morgan fingerprint density at radius 1 is 1.06 bits per heavy atom. The summed E-state index contributed by atoms with van der Waals surface area (Å²) in [7, 11) is 2.06. The van der Waals surface area contributed by atoms with Crippen LogP contribution in [0.2, 0.25) is 0 Å². The van der Waals surface area contributed by atoms with Crippen molar-refractivity contribution in [3.63, 3.8) is 0 Å². The number of hydrogen-bond donors (Lipinski definition) is 2. The van der Waals surface area contributed by atoms with E-state index in [1.54, 1.807) is 4.90 Å². The second-order valence-corrected chi connectivity index (χ2v) is 10.1. The van der Waals surface area contributed by atoms with Gasteiger partial charge in [-0.3, -0.25) is 9.59 Å². The highest BCUT2D eigenvalue weighted by Gasteiger charge is 2.48. The molecule has 8 heteroatoms. The third-order valence-corrected chi connectivity index (χ3v) is 7.54. The van der Waals surface area contributed by atoms with Gasteiger partial charge in [0.05, 0.1) is 0 Å². The van der Waals surface area contributed by atoms with E-state index in [1.165, 1.54) is 0 Å². The summed E-state index contributed by atoms with van der Waals surface area (Å²) in [5.41, 5.74) is 4.61. The van der Waals surface area contributed by atoms with Gasteiger partial charge in [-0.25, -0.2) is 4.79 Å². The molecule has 2 amide bonds. The van der Waals surface area contributed by atoms with E-state index in [-0.39, 0.29) is 36.7 Å². The summed E-state index contributed by atoms with van der Waals surface area (Å²) in [5, 5.41) is 11.8. The summed E-state index contributed by atoms with van der Waals surface area (Å²) in [5.74, 6) is -1.32. The molecule has 2 saturated heterocycles. The van der Waals surface area contributed by atoms with Crippen molar-refractivity contribution in [2.75, 3.05) is 39.8 Å². The standard InChI is InChI=1S/C27H31N3O5/c1-29-15-27(16-29)12-13-30(17-27)25(33)23(10-11-24(31)32)28-26(34)35-14-22-20-8-4-2-6-18(20)19-7-3-5-9-21(19)22/h2-9,22-23H,10-17H2,1H3,(H,28,34)(H,31,32). The van der Waals surface area contributed by atoms with E-state index in [9.17, 15) is 14.4 Å². The fourth-order valence-electron chi connectivity index (χ4n) is 6.01. The van der Waals surface area contributed by atoms with Gasteiger partial charge >= 0.3 is 12.1 Å². The lowest BCUT2D eigenvalue weighted by molar-refractivity contribution is -0.138. The van der Waals surface area contributed by atoms with Crippen molar-refractivity contribution in [2.24, 2.45) is 5.41 Å². The highest BCUT2D eigenvalue weighted by Crippen LogP contribution is 2.44. The Morgan fingerprint density at radius 3 is 2.29 bits per heavy atom. The number of benzene rings is 2. The highest BCUT2D eigenvalue weighted by atomic mass is 16.5. The molecule has 1 spiro atoms. The third-order valence-electron chi connectivity index (χ3n) is 7.54. The molecule has 2 heterocycles. The molecule has 3 aliphatic rings. The zero-order chi connectivity index (χ0) is 24.6. The summed E-state index contributed by atoms with van der Waals surface area (Å²) in [6.45, 7) is 3.32. The molecule has 1 aliphatic carbocycles. The van der Waals surface area contributed by atoms with E-state index in [4.69, 9.17) is 9.84 Å². The van der Waals surface area contributed by atoms with Crippen LogP contribution in [0.25, 0.3) is 11.1 Å². The molecule has 2 aromatic rings. The van der Waals surface area contributed by atoms with Crippen LogP contribution in [0, 0.1) is 5.41 Å². The van der Waals surface area contributed by atoms with Crippen LogP contribution in [0.3, 0.4) is 0 Å². The van der Waals surface area contributed by atoms with Gasteiger partial charge in [-0.1, -0.05) is 48.5 Å². The number of fused-ring (bicyclic) bond motifs is 3. The molecular weight excluding hydrogens is 446 g/mol. The number of carbonyl (C=O) groups is 3. The van der Waals surface area contributed by atoms with Crippen LogP contribution in [-0.2, 0) is 14.3 Å². The largest absolute Gasteiger partial charge is 0.481 e. The SMILES string of the molecule is CN1CC2(CCN(C(=O)C(CCC(=O)O)NC(=O)OCC3c4ccccc4-c4ccccc43)C2)C1. The molecule has 184 valence electrons. The molecule has 2 aliphatic heterocycles. The maximum Gasteiger partial charge on any atom is 0.407 e. The van der Waals surface area contributed by atoms with Crippen molar-refractivity contribution in [3.05, 3.63) is 59.7 Å². The van der Waals surface area contributed by atoms with Gasteiger partial charge in [0.25, 0.3) is 0 Å². The number of amides is 2. The van der Waals surface area contributed by atoms with Crippen molar-refractivity contribution in [3.8, 4) is 11.1 Å². The smallest absolute Gasteiger partial charge is 0.407 e. The van der Waals surface area contributed by atoms with Crippen LogP contribution in [0.5, 0.6) is 0 Å². The van der Waals surface area contributed by atoms with E-state index in [0.717, 1.165) is 41.8 Å². The minimum absolute atomic E-state index is 0.0295. The van der Waals surface area contributed by atoms with E-state index >= 15 is 0 Å². The Labute approximate surface area is 204 Å². The van der Waals surface area contributed by atoms with Gasteiger partial charge in [-0.15, -0.1) is 0 Å². The molecule has 5 rings (SSSR count).